The third-order valence-corrected chi connectivity index (χ3v) is 4.02. The van der Waals surface area contributed by atoms with Gasteiger partial charge in [0.25, 0.3) is 5.91 Å². The average molecular weight is 277 g/mol. The van der Waals surface area contributed by atoms with Crippen molar-refractivity contribution in [3.63, 3.8) is 0 Å². The molecule has 1 fully saturated rings. The van der Waals surface area contributed by atoms with Crippen molar-refractivity contribution in [2.75, 3.05) is 27.2 Å². The van der Waals surface area contributed by atoms with E-state index >= 15 is 0 Å². The molecular formula is C15H23N3O2. The zero-order valence-electron chi connectivity index (χ0n) is 12.2. The molecule has 0 aliphatic carbocycles. The second-order valence-electron chi connectivity index (χ2n) is 5.69. The Labute approximate surface area is 120 Å². The fraction of sp³-hybridized carbons (Fsp3) is 0.533. The van der Waals surface area contributed by atoms with Crippen LogP contribution in [0.2, 0.25) is 0 Å². The lowest BCUT2D eigenvalue weighted by atomic mass is 10.0. The van der Waals surface area contributed by atoms with Gasteiger partial charge in [-0.15, -0.1) is 0 Å². The van der Waals surface area contributed by atoms with Gasteiger partial charge in [-0.25, -0.2) is 0 Å². The first-order valence-electron chi connectivity index (χ1n) is 6.98. The van der Waals surface area contributed by atoms with Crippen LogP contribution in [0.3, 0.4) is 0 Å². The number of rotatable bonds is 4. The molecule has 1 saturated heterocycles. The van der Waals surface area contributed by atoms with Gasteiger partial charge in [-0.2, -0.15) is 0 Å². The maximum absolute atomic E-state index is 11.2. The van der Waals surface area contributed by atoms with Crippen molar-refractivity contribution in [1.29, 1.82) is 0 Å². The molecule has 1 aromatic carbocycles. The van der Waals surface area contributed by atoms with Crippen LogP contribution in [-0.4, -0.2) is 54.0 Å². The van der Waals surface area contributed by atoms with E-state index in [-0.39, 0.29) is 11.3 Å². The summed E-state index contributed by atoms with van der Waals surface area (Å²) in [7, 11) is 4.25. The molecule has 1 aliphatic rings. The number of hydrogen-bond donors (Lipinski definition) is 2. The van der Waals surface area contributed by atoms with Crippen LogP contribution in [0.25, 0.3) is 0 Å². The molecule has 1 aromatic rings. The molecule has 1 amide bonds. The van der Waals surface area contributed by atoms with E-state index in [9.17, 15) is 9.90 Å². The Morgan fingerprint density at radius 2 is 2.05 bits per heavy atom. The summed E-state index contributed by atoms with van der Waals surface area (Å²) >= 11 is 0. The number of benzene rings is 1. The van der Waals surface area contributed by atoms with Crippen LogP contribution in [0, 0.1) is 0 Å². The number of primary amides is 1. The van der Waals surface area contributed by atoms with Crippen molar-refractivity contribution >= 4 is 5.91 Å². The number of aromatic hydroxyl groups is 1. The monoisotopic (exact) mass is 277 g/mol. The van der Waals surface area contributed by atoms with Crippen LogP contribution >= 0.6 is 0 Å². The van der Waals surface area contributed by atoms with E-state index in [0.29, 0.717) is 6.04 Å². The first-order chi connectivity index (χ1) is 9.47. The number of amides is 1. The molecule has 0 bridgehead atoms. The topological polar surface area (TPSA) is 69.8 Å². The van der Waals surface area contributed by atoms with Crippen molar-refractivity contribution in [3.05, 3.63) is 29.3 Å². The molecule has 0 radical (unpaired) electrons. The number of likely N-dealkylation sites (tertiary alicyclic amines) is 1. The second-order valence-corrected chi connectivity index (χ2v) is 5.69. The standard InChI is InChI=1S/C15H23N3O2/c1-17(2)12-5-7-18(8-6-12)10-11-3-4-14(19)13(9-11)15(16)20/h3-4,9,12,19H,5-8,10H2,1-2H3,(H2,16,20). The molecule has 5 nitrogen and oxygen atoms in total. The molecule has 0 aromatic heterocycles. The van der Waals surface area contributed by atoms with E-state index in [4.69, 9.17) is 5.73 Å². The highest BCUT2D eigenvalue weighted by molar-refractivity contribution is 5.95. The molecule has 0 spiro atoms. The summed E-state index contributed by atoms with van der Waals surface area (Å²) in [4.78, 5) is 15.9. The molecule has 20 heavy (non-hydrogen) atoms. The number of piperidine rings is 1. The van der Waals surface area contributed by atoms with E-state index in [2.05, 4.69) is 23.9 Å². The number of carbonyl (C=O) groups excluding carboxylic acids is 1. The van der Waals surface area contributed by atoms with Crippen LogP contribution in [0.5, 0.6) is 5.75 Å². The SMILES string of the molecule is CN(C)C1CCN(Cc2ccc(O)c(C(N)=O)c2)CC1. The second kappa shape index (κ2) is 6.24. The van der Waals surface area contributed by atoms with Gasteiger partial charge in [0.2, 0.25) is 0 Å². The summed E-state index contributed by atoms with van der Waals surface area (Å²) in [6.07, 6.45) is 2.32. The van der Waals surface area contributed by atoms with Gasteiger partial charge < -0.3 is 15.7 Å². The van der Waals surface area contributed by atoms with E-state index < -0.39 is 5.91 Å². The Morgan fingerprint density at radius 3 is 2.60 bits per heavy atom. The maximum Gasteiger partial charge on any atom is 0.252 e. The van der Waals surface area contributed by atoms with E-state index in [1.807, 2.05) is 6.07 Å². The highest BCUT2D eigenvalue weighted by atomic mass is 16.3. The minimum absolute atomic E-state index is 0.0486. The van der Waals surface area contributed by atoms with Gasteiger partial charge in [-0.05, 0) is 57.7 Å². The predicted octanol–water partition coefficient (Wildman–Crippen LogP) is 1.02. The first-order valence-corrected chi connectivity index (χ1v) is 6.98. The summed E-state index contributed by atoms with van der Waals surface area (Å²) in [5.74, 6) is -0.636. The molecule has 2 rings (SSSR count). The van der Waals surface area contributed by atoms with Gasteiger partial charge in [0, 0.05) is 12.6 Å². The predicted molar refractivity (Wildman–Crippen MR) is 78.6 cm³/mol. The largest absolute Gasteiger partial charge is 0.507 e. The third-order valence-electron chi connectivity index (χ3n) is 4.02. The maximum atomic E-state index is 11.2. The van der Waals surface area contributed by atoms with Crippen molar-refractivity contribution in [1.82, 2.24) is 9.80 Å². The van der Waals surface area contributed by atoms with Crippen LogP contribution in [-0.2, 0) is 6.54 Å². The Hall–Kier alpha value is -1.59. The summed E-state index contributed by atoms with van der Waals surface area (Å²) in [6, 6.07) is 5.74. The number of nitrogens with two attached hydrogens (primary N) is 1. The smallest absolute Gasteiger partial charge is 0.252 e. The quantitative estimate of drug-likeness (QED) is 0.862. The Morgan fingerprint density at radius 1 is 1.40 bits per heavy atom. The molecule has 0 unspecified atom stereocenters. The van der Waals surface area contributed by atoms with Crippen LogP contribution in [0.1, 0.15) is 28.8 Å². The van der Waals surface area contributed by atoms with Gasteiger partial charge >= 0.3 is 0 Å². The van der Waals surface area contributed by atoms with Crippen molar-refractivity contribution in [3.8, 4) is 5.75 Å². The molecule has 5 heteroatoms. The van der Waals surface area contributed by atoms with Gasteiger partial charge in [-0.3, -0.25) is 9.69 Å². The number of phenols is 1. The van der Waals surface area contributed by atoms with Crippen LogP contribution < -0.4 is 5.73 Å². The summed E-state index contributed by atoms with van der Waals surface area (Å²) < 4.78 is 0. The minimum Gasteiger partial charge on any atom is -0.507 e. The number of hydrogen-bond acceptors (Lipinski definition) is 4. The van der Waals surface area contributed by atoms with Crippen molar-refractivity contribution < 1.29 is 9.90 Å². The lowest BCUT2D eigenvalue weighted by Gasteiger charge is -2.35. The Bertz CT molecular complexity index is 480. The molecule has 0 atom stereocenters. The minimum atomic E-state index is -0.587. The number of nitrogens with zero attached hydrogens (tertiary/aromatic N) is 2. The van der Waals surface area contributed by atoms with Crippen molar-refractivity contribution in [2.24, 2.45) is 5.73 Å². The molecule has 110 valence electrons. The Kier molecular flexibility index (Phi) is 4.62. The highest BCUT2D eigenvalue weighted by Crippen LogP contribution is 2.21. The molecule has 3 N–H and O–H groups in total. The van der Waals surface area contributed by atoms with Gasteiger partial charge in [0.15, 0.2) is 0 Å². The van der Waals surface area contributed by atoms with Gasteiger partial charge in [0.1, 0.15) is 5.75 Å². The van der Waals surface area contributed by atoms with Crippen LogP contribution in [0.4, 0.5) is 0 Å². The third kappa shape index (κ3) is 3.49. The summed E-state index contributed by atoms with van der Waals surface area (Å²) in [5, 5.41) is 9.59. The summed E-state index contributed by atoms with van der Waals surface area (Å²) in [5.41, 5.74) is 6.46. The lowest BCUT2D eigenvalue weighted by Crippen LogP contribution is -2.41. The average Bonchev–Trinajstić information content (AvgIpc) is 2.41. The van der Waals surface area contributed by atoms with Gasteiger partial charge in [0.05, 0.1) is 5.56 Å². The fourth-order valence-corrected chi connectivity index (χ4v) is 2.73. The van der Waals surface area contributed by atoms with Gasteiger partial charge in [-0.1, -0.05) is 6.07 Å². The fourth-order valence-electron chi connectivity index (χ4n) is 2.73. The van der Waals surface area contributed by atoms with Crippen molar-refractivity contribution in [2.45, 2.75) is 25.4 Å². The van der Waals surface area contributed by atoms with E-state index in [1.165, 1.54) is 0 Å². The number of carbonyl (C=O) groups is 1. The zero-order chi connectivity index (χ0) is 14.7. The zero-order valence-corrected chi connectivity index (χ0v) is 12.2. The molecule has 1 heterocycles. The van der Waals surface area contributed by atoms with E-state index in [0.717, 1.165) is 38.0 Å². The Balaban J connectivity index is 1.98. The van der Waals surface area contributed by atoms with E-state index in [1.54, 1.807) is 12.1 Å². The van der Waals surface area contributed by atoms with Crippen LogP contribution in [0.15, 0.2) is 18.2 Å². The molecule has 1 aliphatic heterocycles. The summed E-state index contributed by atoms with van der Waals surface area (Å²) in [6.45, 7) is 2.89. The normalized spacial score (nSPS) is 17.6. The lowest BCUT2D eigenvalue weighted by molar-refractivity contribution is 0.0997. The first kappa shape index (κ1) is 14.8. The molecule has 0 saturated carbocycles. The highest BCUT2D eigenvalue weighted by Gasteiger charge is 2.20. The molecular weight excluding hydrogens is 254 g/mol.